The molecule has 0 unspecified atom stereocenters. The summed E-state index contributed by atoms with van der Waals surface area (Å²) in [7, 11) is 0. The lowest BCUT2D eigenvalue weighted by Crippen LogP contribution is -2.38. The average molecular weight is 276 g/mol. The molecule has 0 aliphatic carbocycles. The Morgan fingerprint density at radius 2 is 2.20 bits per heavy atom. The summed E-state index contributed by atoms with van der Waals surface area (Å²) >= 11 is 0. The smallest absolute Gasteiger partial charge is 0.407 e. The predicted octanol–water partition coefficient (Wildman–Crippen LogP) is 3.11. The molecule has 1 amide bonds. The van der Waals surface area contributed by atoms with Crippen LogP contribution >= 0.6 is 0 Å². The Labute approximate surface area is 120 Å². The van der Waals surface area contributed by atoms with Crippen molar-refractivity contribution in [3.63, 3.8) is 0 Å². The van der Waals surface area contributed by atoms with Crippen molar-refractivity contribution in [1.82, 2.24) is 5.32 Å². The number of carbonyl (C=O) groups excluding carboxylic acids is 1. The fourth-order valence-electron chi connectivity index (χ4n) is 2.40. The van der Waals surface area contributed by atoms with Gasteiger partial charge < -0.3 is 15.4 Å². The van der Waals surface area contributed by atoms with E-state index in [0.29, 0.717) is 0 Å². The van der Waals surface area contributed by atoms with Gasteiger partial charge in [0.1, 0.15) is 5.60 Å². The Morgan fingerprint density at radius 1 is 1.45 bits per heavy atom. The molecule has 1 aliphatic heterocycles. The molecule has 0 saturated carbocycles. The minimum Gasteiger partial charge on any atom is -0.444 e. The summed E-state index contributed by atoms with van der Waals surface area (Å²) in [5.41, 5.74) is 3.40. The van der Waals surface area contributed by atoms with Crippen LogP contribution in [0.15, 0.2) is 18.2 Å². The minimum atomic E-state index is -0.455. The number of anilines is 1. The van der Waals surface area contributed by atoms with Crippen LogP contribution in [0.5, 0.6) is 0 Å². The highest BCUT2D eigenvalue weighted by molar-refractivity contribution is 5.68. The fourth-order valence-corrected chi connectivity index (χ4v) is 2.40. The van der Waals surface area contributed by atoms with Crippen molar-refractivity contribution in [3.05, 3.63) is 29.3 Å². The van der Waals surface area contributed by atoms with Gasteiger partial charge in [0.05, 0.1) is 0 Å². The maximum absolute atomic E-state index is 11.7. The molecular weight excluding hydrogens is 252 g/mol. The molecule has 1 aliphatic rings. The topological polar surface area (TPSA) is 50.4 Å². The van der Waals surface area contributed by atoms with E-state index in [-0.39, 0.29) is 12.1 Å². The molecule has 0 fully saturated rings. The third kappa shape index (κ3) is 4.15. The zero-order valence-electron chi connectivity index (χ0n) is 12.7. The van der Waals surface area contributed by atoms with Crippen LogP contribution in [0.4, 0.5) is 10.5 Å². The number of benzene rings is 1. The Hall–Kier alpha value is -1.71. The first-order valence-electron chi connectivity index (χ1n) is 7.19. The van der Waals surface area contributed by atoms with Gasteiger partial charge in [-0.05, 0) is 57.7 Å². The summed E-state index contributed by atoms with van der Waals surface area (Å²) in [5.74, 6) is 0. The van der Waals surface area contributed by atoms with Crippen LogP contribution in [0.1, 0.15) is 38.8 Å². The summed E-state index contributed by atoms with van der Waals surface area (Å²) in [4.78, 5) is 11.7. The van der Waals surface area contributed by atoms with Gasteiger partial charge in [-0.25, -0.2) is 4.79 Å². The number of hydrogen-bond acceptors (Lipinski definition) is 3. The van der Waals surface area contributed by atoms with Crippen LogP contribution in [0.25, 0.3) is 0 Å². The molecule has 0 radical (unpaired) electrons. The third-order valence-corrected chi connectivity index (χ3v) is 3.18. The van der Waals surface area contributed by atoms with E-state index in [1.54, 1.807) is 0 Å². The van der Waals surface area contributed by atoms with Gasteiger partial charge in [0, 0.05) is 18.3 Å². The van der Waals surface area contributed by atoms with Gasteiger partial charge >= 0.3 is 6.09 Å². The first-order valence-corrected chi connectivity index (χ1v) is 7.19. The summed E-state index contributed by atoms with van der Waals surface area (Å²) in [6.07, 6.45) is 1.54. The third-order valence-electron chi connectivity index (χ3n) is 3.18. The molecule has 20 heavy (non-hydrogen) atoms. The van der Waals surface area contributed by atoms with Gasteiger partial charge in [-0.15, -0.1) is 0 Å². The van der Waals surface area contributed by atoms with E-state index >= 15 is 0 Å². The van der Waals surface area contributed by atoms with Crippen molar-refractivity contribution in [2.45, 2.75) is 52.2 Å². The zero-order chi connectivity index (χ0) is 14.8. The molecule has 0 saturated heterocycles. The van der Waals surface area contributed by atoms with Crippen molar-refractivity contribution in [1.29, 1.82) is 0 Å². The summed E-state index contributed by atoms with van der Waals surface area (Å²) in [5, 5.41) is 6.22. The molecule has 2 rings (SSSR count). The van der Waals surface area contributed by atoms with Crippen LogP contribution in [-0.2, 0) is 17.6 Å². The molecule has 2 N–H and O–H groups in total. The van der Waals surface area contributed by atoms with E-state index in [2.05, 4.69) is 28.8 Å². The first-order chi connectivity index (χ1) is 9.33. The first kappa shape index (κ1) is 14.7. The Kier molecular flexibility index (Phi) is 4.21. The molecule has 1 atom stereocenters. The van der Waals surface area contributed by atoms with Crippen LogP contribution < -0.4 is 10.6 Å². The number of fused-ring (bicyclic) bond motifs is 1. The second kappa shape index (κ2) is 5.73. The van der Waals surface area contributed by atoms with Crippen LogP contribution in [-0.4, -0.2) is 24.3 Å². The standard InChI is InChI=1S/C16H24N2O2/c1-11(18-15(19)20-16(2,3)4)9-12-5-6-14-13(10-12)7-8-17-14/h5-6,10-11,17H,7-9H2,1-4H3,(H,18,19)/t11-/m0/s1. The second-order valence-corrected chi connectivity index (χ2v) is 6.42. The number of rotatable bonds is 3. The molecule has 4 nitrogen and oxygen atoms in total. The molecule has 0 aromatic heterocycles. The van der Waals surface area contributed by atoms with E-state index in [0.717, 1.165) is 19.4 Å². The van der Waals surface area contributed by atoms with Crippen LogP contribution in [0.2, 0.25) is 0 Å². The quantitative estimate of drug-likeness (QED) is 0.892. The molecule has 4 heteroatoms. The average Bonchev–Trinajstić information content (AvgIpc) is 2.72. The normalized spacial score (nSPS) is 15.2. The molecule has 1 aromatic carbocycles. The van der Waals surface area contributed by atoms with Crippen molar-refractivity contribution >= 4 is 11.8 Å². The van der Waals surface area contributed by atoms with E-state index < -0.39 is 5.60 Å². The maximum Gasteiger partial charge on any atom is 0.407 e. The van der Waals surface area contributed by atoms with Gasteiger partial charge in [0.15, 0.2) is 0 Å². The highest BCUT2D eigenvalue weighted by Gasteiger charge is 2.18. The van der Waals surface area contributed by atoms with E-state index in [9.17, 15) is 4.79 Å². The summed E-state index contributed by atoms with van der Waals surface area (Å²) in [6.45, 7) is 8.61. The number of carbonyl (C=O) groups is 1. The summed E-state index contributed by atoms with van der Waals surface area (Å²) in [6, 6.07) is 6.52. The molecule has 1 aromatic rings. The molecule has 110 valence electrons. The van der Waals surface area contributed by atoms with Crippen molar-refractivity contribution < 1.29 is 9.53 Å². The van der Waals surface area contributed by atoms with Crippen molar-refractivity contribution in [3.8, 4) is 0 Å². The highest BCUT2D eigenvalue weighted by atomic mass is 16.6. The van der Waals surface area contributed by atoms with Gasteiger partial charge in [0.25, 0.3) is 0 Å². The fraction of sp³-hybridized carbons (Fsp3) is 0.562. The second-order valence-electron chi connectivity index (χ2n) is 6.42. The molecular formula is C16H24N2O2. The van der Waals surface area contributed by atoms with E-state index in [4.69, 9.17) is 4.74 Å². The Balaban J connectivity index is 1.88. The number of amides is 1. The lowest BCUT2D eigenvalue weighted by Gasteiger charge is -2.22. The zero-order valence-corrected chi connectivity index (χ0v) is 12.7. The highest BCUT2D eigenvalue weighted by Crippen LogP contribution is 2.23. The van der Waals surface area contributed by atoms with Gasteiger partial charge in [-0.3, -0.25) is 0 Å². The molecule has 0 spiro atoms. The maximum atomic E-state index is 11.7. The van der Waals surface area contributed by atoms with Crippen LogP contribution in [0, 0.1) is 0 Å². The van der Waals surface area contributed by atoms with E-state index in [1.165, 1.54) is 16.8 Å². The Morgan fingerprint density at radius 3 is 2.90 bits per heavy atom. The lowest BCUT2D eigenvalue weighted by molar-refractivity contribution is 0.0508. The largest absolute Gasteiger partial charge is 0.444 e. The minimum absolute atomic E-state index is 0.0530. The van der Waals surface area contributed by atoms with Crippen LogP contribution in [0.3, 0.4) is 0 Å². The molecule has 0 bridgehead atoms. The monoisotopic (exact) mass is 276 g/mol. The lowest BCUT2D eigenvalue weighted by atomic mass is 10.0. The number of ether oxygens (including phenoxy) is 1. The SMILES string of the molecule is C[C@@H](Cc1ccc2c(c1)CCN2)NC(=O)OC(C)(C)C. The summed E-state index contributed by atoms with van der Waals surface area (Å²) < 4.78 is 5.26. The number of alkyl carbamates (subject to hydrolysis) is 1. The number of nitrogens with one attached hydrogen (secondary N) is 2. The molecule has 1 heterocycles. The van der Waals surface area contributed by atoms with Gasteiger partial charge in [-0.1, -0.05) is 12.1 Å². The van der Waals surface area contributed by atoms with Gasteiger partial charge in [-0.2, -0.15) is 0 Å². The predicted molar refractivity (Wildman–Crippen MR) is 81.2 cm³/mol. The van der Waals surface area contributed by atoms with Gasteiger partial charge in [0.2, 0.25) is 0 Å². The van der Waals surface area contributed by atoms with E-state index in [1.807, 2.05) is 27.7 Å². The Bertz CT molecular complexity index is 492. The number of hydrogen-bond donors (Lipinski definition) is 2. The van der Waals surface area contributed by atoms with Crippen molar-refractivity contribution in [2.75, 3.05) is 11.9 Å². The van der Waals surface area contributed by atoms with Crippen molar-refractivity contribution in [2.24, 2.45) is 0 Å².